The Hall–Kier alpha value is -1.44. The van der Waals surface area contributed by atoms with Gasteiger partial charge >= 0.3 is 0 Å². The largest absolute Gasteiger partial charge is 0.336 e. The molecule has 2 fully saturated rings. The molecule has 1 amide bonds. The Balaban J connectivity index is 1.59. The maximum Gasteiger partial charge on any atom is 0.282 e. The molecule has 0 N–H and O–H groups in total. The molecule has 1 saturated carbocycles. The Morgan fingerprint density at radius 1 is 0.964 bits per heavy atom. The standard InChI is InChI=1S/C21H33N3O3S/c1-3-23(4-2)28(26,27)24-16-14-22(15-17-24)21(25)20-12-10-19(11-13-20)18-8-6-5-7-9-18/h10-13,18H,3-9,14-17H2,1-2H3. The van der Waals surface area contributed by atoms with Gasteiger partial charge in [-0.05, 0) is 36.5 Å². The summed E-state index contributed by atoms with van der Waals surface area (Å²) in [6.45, 7) is 6.19. The van der Waals surface area contributed by atoms with Crippen LogP contribution in [0.5, 0.6) is 0 Å². The Morgan fingerprint density at radius 3 is 2.07 bits per heavy atom. The topological polar surface area (TPSA) is 60.9 Å². The SMILES string of the molecule is CCN(CC)S(=O)(=O)N1CCN(C(=O)c2ccc(C3CCCCC3)cc2)CC1. The molecule has 28 heavy (non-hydrogen) atoms. The van der Waals surface area contributed by atoms with Crippen LogP contribution in [0.1, 0.15) is 67.8 Å². The van der Waals surface area contributed by atoms with Gasteiger partial charge in [0, 0.05) is 44.8 Å². The van der Waals surface area contributed by atoms with Crippen LogP contribution >= 0.6 is 0 Å². The monoisotopic (exact) mass is 407 g/mol. The van der Waals surface area contributed by atoms with Crippen molar-refractivity contribution in [2.45, 2.75) is 51.9 Å². The normalized spacial score (nSPS) is 19.9. The number of carbonyl (C=O) groups excluding carboxylic acids is 1. The molecular weight excluding hydrogens is 374 g/mol. The van der Waals surface area contributed by atoms with E-state index in [9.17, 15) is 13.2 Å². The van der Waals surface area contributed by atoms with E-state index < -0.39 is 10.2 Å². The Bertz CT molecular complexity index is 746. The van der Waals surface area contributed by atoms with Crippen molar-refractivity contribution < 1.29 is 13.2 Å². The fourth-order valence-electron chi connectivity index (χ4n) is 4.35. The highest BCUT2D eigenvalue weighted by molar-refractivity contribution is 7.86. The lowest BCUT2D eigenvalue weighted by atomic mass is 9.84. The maximum absolute atomic E-state index is 12.8. The number of hydrogen-bond donors (Lipinski definition) is 0. The van der Waals surface area contributed by atoms with Gasteiger partial charge in [0.1, 0.15) is 0 Å². The van der Waals surface area contributed by atoms with Gasteiger partial charge in [0.05, 0.1) is 0 Å². The van der Waals surface area contributed by atoms with Gasteiger partial charge in [-0.2, -0.15) is 17.0 Å². The second kappa shape index (κ2) is 9.37. The average Bonchev–Trinajstić information content (AvgIpc) is 2.75. The Morgan fingerprint density at radius 2 is 1.54 bits per heavy atom. The number of piperazine rings is 1. The van der Waals surface area contributed by atoms with Gasteiger partial charge in [-0.25, -0.2) is 0 Å². The molecule has 0 bridgehead atoms. The van der Waals surface area contributed by atoms with Crippen LogP contribution in [0.3, 0.4) is 0 Å². The number of benzene rings is 1. The number of amides is 1. The minimum Gasteiger partial charge on any atom is -0.336 e. The van der Waals surface area contributed by atoms with Crippen molar-refractivity contribution in [3.63, 3.8) is 0 Å². The summed E-state index contributed by atoms with van der Waals surface area (Å²) in [6.07, 6.45) is 6.42. The van der Waals surface area contributed by atoms with Crippen LogP contribution in [-0.4, -0.2) is 67.1 Å². The first-order chi connectivity index (χ1) is 13.5. The second-order valence-corrected chi connectivity index (χ2v) is 9.67. The highest BCUT2D eigenvalue weighted by Crippen LogP contribution is 2.32. The van der Waals surface area contributed by atoms with Gasteiger partial charge in [-0.3, -0.25) is 4.79 Å². The zero-order chi connectivity index (χ0) is 20.1. The van der Waals surface area contributed by atoms with E-state index in [1.54, 1.807) is 4.90 Å². The predicted molar refractivity (Wildman–Crippen MR) is 112 cm³/mol. The first-order valence-corrected chi connectivity index (χ1v) is 12.0. The van der Waals surface area contributed by atoms with Crippen molar-refractivity contribution >= 4 is 16.1 Å². The first-order valence-electron chi connectivity index (χ1n) is 10.6. The highest BCUT2D eigenvalue weighted by Gasteiger charge is 2.32. The molecule has 3 rings (SSSR count). The minimum absolute atomic E-state index is 0.00455. The van der Waals surface area contributed by atoms with Crippen LogP contribution in [0.4, 0.5) is 0 Å². The predicted octanol–water partition coefficient (Wildman–Crippen LogP) is 3.08. The van der Waals surface area contributed by atoms with Crippen molar-refractivity contribution in [1.82, 2.24) is 13.5 Å². The summed E-state index contributed by atoms with van der Waals surface area (Å²) in [4.78, 5) is 14.6. The smallest absolute Gasteiger partial charge is 0.282 e. The van der Waals surface area contributed by atoms with Crippen molar-refractivity contribution in [2.24, 2.45) is 0 Å². The number of carbonyl (C=O) groups is 1. The fourth-order valence-corrected chi connectivity index (χ4v) is 5.96. The van der Waals surface area contributed by atoms with E-state index in [2.05, 4.69) is 12.1 Å². The lowest BCUT2D eigenvalue weighted by molar-refractivity contribution is 0.0694. The Labute approximate surface area is 169 Å². The van der Waals surface area contributed by atoms with E-state index in [4.69, 9.17) is 0 Å². The van der Waals surface area contributed by atoms with Crippen LogP contribution in [0.25, 0.3) is 0 Å². The molecular formula is C21H33N3O3S. The highest BCUT2D eigenvalue weighted by atomic mass is 32.2. The molecule has 0 aromatic heterocycles. The van der Waals surface area contributed by atoms with Crippen LogP contribution in [0, 0.1) is 0 Å². The van der Waals surface area contributed by atoms with Crippen molar-refractivity contribution in [1.29, 1.82) is 0 Å². The Kier molecular flexibility index (Phi) is 7.12. The van der Waals surface area contributed by atoms with Gasteiger partial charge in [-0.1, -0.05) is 45.2 Å². The first kappa shape index (κ1) is 21.3. The summed E-state index contributed by atoms with van der Waals surface area (Å²) in [7, 11) is -3.43. The number of nitrogens with zero attached hydrogens (tertiary/aromatic N) is 3. The molecule has 1 aliphatic carbocycles. The molecule has 1 saturated heterocycles. The molecule has 7 heteroatoms. The molecule has 0 atom stereocenters. The van der Waals surface area contributed by atoms with Gasteiger partial charge in [0.15, 0.2) is 0 Å². The summed E-state index contributed by atoms with van der Waals surface area (Å²) in [5.74, 6) is 0.627. The average molecular weight is 408 g/mol. The zero-order valence-corrected chi connectivity index (χ0v) is 18.0. The van der Waals surface area contributed by atoms with E-state index in [1.165, 1.54) is 46.3 Å². The van der Waals surface area contributed by atoms with E-state index in [0.29, 0.717) is 50.7 Å². The summed E-state index contributed by atoms with van der Waals surface area (Å²) in [5, 5.41) is 0. The number of hydrogen-bond acceptors (Lipinski definition) is 3. The van der Waals surface area contributed by atoms with Crippen LogP contribution < -0.4 is 0 Å². The third-order valence-electron chi connectivity index (χ3n) is 6.12. The summed E-state index contributed by atoms with van der Waals surface area (Å²) in [6, 6.07) is 8.07. The lowest BCUT2D eigenvalue weighted by Crippen LogP contribution is -2.54. The van der Waals surface area contributed by atoms with Crippen LogP contribution in [0.15, 0.2) is 24.3 Å². The quantitative estimate of drug-likeness (QED) is 0.728. The molecule has 156 valence electrons. The molecule has 1 aromatic rings. The maximum atomic E-state index is 12.8. The van der Waals surface area contributed by atoms with E-state index >= 15 is 0 Å². The van der Waals surface area contributed by atoms with Gasteiger partial charge in [0.25, 0.3) is 16.1 Å². The van der Waals surface area contributed by atoms with E-state index in [0.717, 1.165) is 0 Å². The third-order valence-corrected chi connectivity index (χ3v) is 8.30. The molecule has 1 aromatic carbocycles. The fraction of sp³-hybridized carbons (Fsp3) is 0.667. The molecule has 0 radical (unpaired) electrons. The van der Waals surface area contributed by atoms with Gasteiger partial charge in [0.2, 0.25) is 0 Å². The summed E-state index contributed by atoms with van der Waals surface area (Å²) in [5.41, 5.74) is 2.03. The second-order valence-electron chi connectivity index (χ2n) is 7.74. The molecule has 0 spiro atoms. The van der Waals surface area contributed by atoms with Gasteiger partial charge in [-0.15, -0.1) is 0 Å². The van der Waals surface area contributed by atoms with E-state index in [1.807, 2.05) is 26.0 Å². The van der Waals surface area contributed by atoms with Crippen molar-refractivity contribution in [3.8, 4) is 0 Å². The molecule has 2 aliphatic rings. The van der Waals surface area contributed by atoms with Crippen LogP contribution in [0.2, 0.25) is 0 Å². The molecule has 6 nitrogen and oxygen atoms in total. The number of rotatable bonds is 6. The van der Waals surface area contributed by atoms with Crippen molar-refractivity contribution in [2.75, 3.05) is 39.3 Å². The molecule has 1 heterocycles. The zero-order valence-electron chi connectivity index (χ0n) is 17.1. The minimum atomic E-state index is -3.43. The third kappa shape index (κ3) is 4.58. The lowest BCUT2D eigenvalue weighted by Gasteiger charge is -2.36. The van der Waals surface area contributed by atoms with Crippen molar-refractivity contribution in [3.05, 3.63) is 35.4 Å². The summed E-state index contributed by atoms with van der Waals surface area (Å²) >= 11 is 0. The van der Waals surface area contributed by atoms with Crippen LogP contribution in [-0.2, 0) is 10.2 Å². The molecule has 0 unspecified atom stereocenters. The van der Waals surface area contributed by atoms with E-state index in [-0.39, 0.29) is 5.91 Å². The molecule has 1 aliphatic heterocycles. The van der Waals surface area contributed by atoms with Gasteiger partial charge < -0.3 is 4.90 Å². The summed E-state index contributed by atoms with van der Waals surface area (Å²) < 4.78 is 28.2.